The zero-order valence-electron chi connectivity index (χ0n) is 11.6. The first-order chi connectivity index (χ1) is 9.65. The Morgan fingerprint density at radius 3 is 2.60 bits per heavy atom. The fourth-order valence-corrected chi connectivity index (χ4v) is 2.32. The molecular weight excluding hydrogens is 248 g/mol. The summed E-state index contributed by atoms with van der Waals surface area (Å²) in [6.07, 6.45) is 0. The SMILES string of the molecule is Cc1cccc(N(C)C(=O)c2cc3ccccc3[nH]2)c1. The van der Waals surface area contributed by atoms with Gasteiger partial charge in [0.15, 0.2) is 0 Å². The predicted octanol–water partition coefficient (Wildman–Crippen LogP) is 3.75. The lowest BCUT2D eigenvalue weighted by Crippen LogP contribution is -2.26. The number of carbonyl (C=O) groups is 1. The minimum Gasteiger partial charge on any atom is -0.351 e. The fourth-order valence-electron chi connectivity index (χ4n) is 2.32. The molecule has 3 rings (SSSR count). The third-order valence-corrected chi connectivity index (χ3v) is 3.45. The highest BCUT2D eigenvalue weighted by Crippen LogP contribution is 2.19. The lowest BCUT2D eigenvalue weighted by molar-refractivity contribution is 0.0989. The second-order valence-electron chi connectivity index (χ2n) is 4.97. The number of benzene rings is 2. The number of anilines is 1. The largest absolute Gasteiger partial charge is 0.351 e. The van der Waals surface area contributed by atoms with Gasteiger partial charge >= 0.3 is 0 Å². The Bertz CT molecular complexity index is 740. The number of hydrogen-bond acceptors (Lipinski definition) is 1. The van der Waals surface area contributed by atoms with Gasteiger partial charge in [-0.15, -0.1) is 0 Å². The quantitative estimate of drug-likeness (QED) is 0.751. The Morgan fingerprint density at radius 2 is 1.85 bits per heavy atom. The van der Waals surface area contributed by atoms with E-state index in [1.807, 2.05) is 61.5 Å². The van der Waals surface area contributed by atoms with Crippen molar-refractivity contribution < 1.29 is 4.79 Å². The summed E-state index contributed by atoms with van der Waals surface area (Å²) in [5, 5.41) is 1.05. The van der Waals surface area contributed by atoms with E-state index in [4.69, 9.17) is 0 Å². The molecule has 0 saturated heterocycles. The number of aromatic nitrogens is 1. The maximum atomic E-state index is 12.5. The molecule has 0 spiro atoms. The normalized spacial score (nSPS) is 10.7. The van der Waals surface area contributed by atoms with Crippen LogP contribution in [0, 0.1) is 6.92 Å². The molecular formula is C17H16N2O. The minimum atomic E-state index is -0.0354. The van der Waals surface area contributed by atoms with Crippen LogP contribution < -0.4 is 4.90 Å². The van der Waals surface area contributed by atoms with Gasteiger partial charge in [-0.05, 0) is 36.8 Å². The fraction of sp³-hybridized carbons (Fsp3) is 0.118. The number of carbonyl (C=O) groups excluding carboxylic acids is 1. The van der Waals surface area contributed by atoms with E-state index in [-0.39, 0.29) is 5.91 Å². The predicted molar refractivity (Wildman–Crippen MR) is 82.2 cm³/mol. The van der Waals surface area contributed by atoms with Gasteiger partial charge in [0.25, 0.3) is 5.91 Å². The Labute approximate surface area is 117 Å². The van der Waals surface area contributed by atoms with Gasteiger partial charge in [0.2, 0.25) is 0 Å². The van der Waals surface area contributed by atoms with E-state index in [0.29, 0.717) is 5.69 Å². The molecule has 1 heterocycles. The summed E-state index contributed by atoms with van der Waals surface area (Å²) in [4.78, 5) is 17.4. The number of amides is 1. The van der Waals surface area contributed by atoms with E-state index in [0.717, 1.165) is 22.2 Å². The van der Waals surface area contributed by atoms with Crippen molar-refractivity contribution in [3.63, 3.8) is 0 Å². The third-order valence-electron chi connectivity index (χ3n) is 3.45. The number of H-pyrrole nitrogens is 1. The van der Waals surface area contributed by atoms with Gasteiger partial charge in [-0.2, -0.15) is 0 Å². The molecule has 0 aliphatic carbocycles. The molecule has 2 aromatic carbocycles. The van der Waals surface area contributed by atoms with Crippen LogP contribution in [0.5, 0.6) is 0 Å². The van der Waals surface area contributed by atoms with E-state index in [9.17, 15) is 4.79 Å². The average molecular weight is 264 g/mol. The van der Waals surface area contributed by atoms with Crippen molar-refractivity contribution in [3.05, 3.63) is 65.9 Å². The smallest absolute Gasteiger partial charge is 0.274 e. The van der Waals surface area contributed by atoms with Crippen molar-refractivity contribution in [2.45, 2.75) is 6.92 Å². The van der Waals surface area contributed by atoms with Crippen LogP contribution in [0.1, 0.15) is 16.1 Å². The molecule has 1 amide bonds. The number of hydrogen-bond donors (Lipinski definition) is 1. The van der Waals surface area contributed by atoms with Crippen molar-refractivity contribution in [1.82, 2.24) is 4.98 Å². The van der Waals surface area contributed by atoms with E-state index < -0.39 is 0 Å². The van der Waals surface area contributed by atoms with Gasteiger partial charge < -0.3 is 9.88 Å². The Morgan fingerprint density at radius 1 is 1.05 bits per heavy atom. The van der Waals surface area contributed by atoms with E-state index in [1.54, 1.807) is 11.9 Å². The van der Waals surface area contributed by atoms with Gasteiger partial charge in [-0.1, -0.05) is 30.3 Å². The second kappa shape index (κ2) is 4.85. The molecule has 0 radical (unpaired) electrons. The third kappa shape index (κ3) is 2.18. The summed E-state index contributed by atoms with van der Waals surface area (Å²) >= 11 is 0. The van der Waals surface area contributed by atoms with Gasteiger partial charge in [0.1, 0.15) is 5.69 Å². The Kier molecular flexibility index (Phi) is 3.03. The minimum absolute atomic E-state index is 0.0354. The van der Waals surface area contributed by atoms with Crippen LogP contribution in [-0.2, 0) is 0 Å². The lowest BCUT2D eigenvalue weighted by atomic mass is 10.2. The summed E-state index contributed by atoms with van der Waals surface area (Å²) in [6, 6.07) is 17.7. The molecule has 3 aromatic rings. The van der Waals surface area contributed by atoms with Gasteiger partial charge in [0.05, 0.1) is 0 Å². The maximum absolute atomic E-state index is 12.5. The van der Waals surface area contributed by atoms with E-state index in [2.05, 4.69) is 4.98 Å². The van der Waals surface area contributed by atoms with Crippen LogP contribution in [0.15, 0.2) is 54.6 Å². The van der Waals surface area contributed by atoms with Gasteiger partial charge in [-0.25, -0.2) is 0 Å². The Balaban J connectivity index is 1.95. The number of nitrogens with zero attached hydrogens (tertiary/aromatic N) is 1. The molecule has 20 heavy (non-hydrogen) atoms. The summed E-state index contributed by atoms with van der Waals surface area (Å²) in [5.74, 6) is -0.0354. The average Bonchev–Trinajstić information content (AvgIpc) is 2.89. The van der Waals surface area contributed by atoms with Gasteiger partial charge in [0, 0.05) is 23.6 Å². The summed E-state index contributed by atoms with van der Waals surface area (Å²) in [6.45, 7) is 2.02. The molecule has 3 heteroatoms. The maximum Gasteiger partial charge on any atom is 0.274 e. The number of aromatic amines is 1. The van der Waals surface area contributed by atoms with Gasteiger partial charge in [-0.3, -0.25) is 4.79 Å². The first-order valence-corrected chi connectivity index (χ1v) is 6.57. The highest BCUT2D eigenvalue weighted by atomic mass is 16.2. The van der Waals surface area contributed by atoms with E-state index in [1.165, 1.54) is 0 Å². The highest BCUT2D eigenvalue weighted by Gasteiger charge is 2.15. The molecule has 1 N–H and O–H groups in total. The number of para-hydroxylation sites is 1. The molecule has 1 aromatic heterocycles. The summed E-state index contributed by atoms with van der Waals surface area (Å²) < 4.78 is 0. The molecule has 0 atom stereocenters. The molecule has 0 unspecified atom stereocenters. The van der Waals surface area contributed by atoms with Crippen LogP contribution in [0.4, 0.5) is 5.69 Å². The van der Waals surface area contributed by atoms with Crippen LogP contribution in [-0.4, -0.2) is 17.9 Å². The van der Waals surface area contributed by atoms with Crippen molar-refractivity contribution in [3.8, 4) is 0 Å². The van der Waals surface area contributed by atoms with E-state index >= 15 is 0 Å². The monoisotopic (exact) mass is 264 g/mol. The second-order valence-corrected chi connectivity index (χ2v) is 4.97. The first-order valence-electron chi connectivity index (χ1n) is 6.57. The lowest BCUT2D eigenvalue weighted by Gasteiger charge is -2.16. The van der Waals surface area contributed by atoms with Crippen molar-refractivity contribution in [2.24, 2.45) is 0 Å². The topological polar surface area (TPSA) is 36.1 Å². The molecule has 0 bridgehead atoms. The van der Waals surface area contributed by atoms with Crippen LogP contribution >= 0.6 is 0 Å². The van der Waals surface area contributed by atoms with Crippen molar-refractivity contribution in [2.75, 3.05) is 11.9 Å². The highest BCUT2D eigenvalue weighted by molar-refractivity contribution is 6.07. The number of nitrogens with one attached hydrogen (secondary N) is 1. The van der Waals surface area contributed by atoms with Crippen LogP contribution in [0.2, 0.25) is 0 Å². The standard InChI is InChI=1S/C17H16N2O/c1-12-6-5-8-14(10-12)19(2)17(20)16-11-13-7-3-4-9-15(13)18-16/h3-11,18H,1-2H3. The van der Waals surface area contributed by atoms with Crippen LogP contribution in [0.25, 0.3) is 10.9 Å². The van der Waals surface area contributed by atoms with Crippen LogP contribution in [0.3, 0.4) is 0 Å². The zero-order valence-corrected chi connectivity index (χ0v) is 11.6. The number of fused-ring (bicyclic) bond motifs is 1. The molecule has 0 aliphatic heterocycles. The number of rotatable bonds is 2. The zero-order chi connectivity index (χ0) is 14.1. The molecule has 0 fully saturated rings. The number of aryl methyl sites for hydroxylation is 1. The van der Waals surface area contributed by atoms with Crippen molar-refractivity contribution in [1.29, 1.82) is 0 Å². The molecule has 0 saturated carbocycles. The molecule has 0 aliphatic rings. The summed E-state index contributed by atoms with van der Waals surface area (Å²) in [7, 11) is 1.79. The van der Waals surface area contributed by atoms with Crippen molar-refractivity contribution >= 4 is 22.5 Å². The summed E-state index contributed by atoms with van der Waals surface area (Å²) in [5.41, 5.74) is 3.62. The first kappa shape index (κ1) is 12.5. The Hall–Kier alpha value is -2.55. The molecule has 3 nitrogen and oxygen atoms in total. The molecule has 100 valence electrons.